The van der Waals surface area contributed by atoms with Crippen LogP contribution in [0.5, 0.6) is 0 Å². The average molecular weight is 435 g/mol. The van der Waals surface area contributed by atoms with Crippen molar-refractivity contribution in [3.8, 4) is 0 Å². The smallest absolute Gasteiger partial charge is 0.124 e. The third kappa shape index (κ3) is 7.18. The maximum Gasteiger partial charge on any atom is 0.124 e. The number of pyridine rings is 1. The molecule has 0 fully saturated rings. The molecule has 3 rings (SSSR count). The van der Waals surface area contributed by atoms with Crippen LogP contribution in [0, 0.1) is 0 Å². The van der Waals surface area contributed by atoms with Gasteiger partial charge in [-0.25, -0.2) is 4.98 Å². The van der Waals surface area contributed by atoms with Crippen molar-refractivity contribution in [2.45, 2.75) is 12.8 Å². The number of benzene rings is 2. The summed E-state index contributed by atoms with van der Waals surface area (Å²) in [5, 5.41) is 5.39. The number of halogens is 4. The summed E-state index contributed by atoms with van der Waals surface area (Å²) >= 11 is 5.99. The fourth-order valence-corrected chi connectivity index (χ4v) is 2.83. The SMILES string of the molecule is Cl.Cl.Cl.Nc1ccc2ccc(CCNCCc3cccc(Cl)c3)cc2n1. The van der Waals surface area contributed by atoms with E-state index in [0.717, 1.165) is 41.9 Å². The summed E-state index contributed by atoms with van der Waals surface area (Å²) in [7, 11) is 0. The summed E-state index contributed by atoms with van der Waals surface area (Å²) in [6, 6.07) is 18.2. The Morgan fingerprint density at radius 1 is 0.846 bits per heavy atom. The van der Waals surface area contributed by atoms with E-state index in [0.29, 0.717) is 5.82 Å². The molecule has 1 aromatic heterocycles. The lowest BCUT2D eigenvalue weighted by atomic mass is 10.1. The van der Waals surface area contributed by atoms with E-state index in [9.17, 15) is 0 Å². The van der Waals surface area contributed by atoms with Gasteiger partial charge in [-0.3, -0.25) is 0 Å². The Balaban J connectivity index is 0.00000208. The van der Waals surface area contributed by atoms with E-state index in [1.807, 2.05) is 30.3 Å². The number of fused-ring (bicyclic) bond motifs is 1. The van der Waals surface area contributed by atoms with Crippen LogP contribution in [0.3, 0.4) is 0 Å². The van der Waals surface area contributed by atoms with E-state index in [1.54, 1.807) is 0 Å². The molecule has 0 saturated heterocycles. The van der Waals surface area contributed by atoms with E-state index in [1.165, 1.54) is 11.1 Å². The van der Waals surface area contributed by atoms with Crippen molar-refractivity contribution in [2.75, 3.05) is 18.8 Å². The molecular weight excluding hydrogens is 412 g/mol. The summed E-state index contributed by atoms with van der Waals surface area (Å²) in [6.07, 6.45) is 1.96. The summed E-state index contributed by atoms with van der Waals surface area (Å²) < 4.78 is 0. The predicted octanol–water partition coefficient (Wildman–Crippen LogP) is 5.11. The van der Waals surface area contributed by atoms with Crippen LogP contribution >= 0.6 is 48.8 Å². The van der Waals surface area contributed by atoms with Gasteiger partial charge in [-0.15, -0.1) is 37.2 Å². The fourth-order valence-electron chi connectivity index (χ4n) is 2.62. The Kier molecular flexibility index (Phi) is 11.6. The molecule has 0 aliphatic carbocycles. The van der Waals surface area contributed by atoms with Crippen LogP contribution in [-0.2, 0) is 12.8 Å². The average Bonchev–Trinajstić information content (AvgIpc) is 2.54. The van der Waals surface area contributed by atoms with Gasteiger partial charge in [0.25, 0.3) is 0 Å². The van der Waals surface area contributed by atoms with Gasteiger partial charge < -0.3 is 11.1 Å². The molecule has 0 aliphatic rings. The van der Waals surface area contributed by atoms with Crippen molar-refractivity contribution >= 4 is 65.5 Å². The Morgan fingerprint density at radius 2 is 1.50 bits per heavy atom. The van der Waals surface area contributed by atoms with Gasteiger partial charge in [0.1, 0.15) is 5.82 Å². The number of nitrogens with one attached hydrogen (secondary N) is 1. The third-order valence-electron chi connectivity index (χ3n) is 3.85. The van der Waals surface area contributed by atoms with Gasteiger partial charge in [-0.05, 0) is 67.4 Å². The van der Waals surface area contributed by atoms with E-state index in [2.05, 4.69) is 34.6 Å². The van der Waals surface area contributed by atoms with Gasteiger partial charge in [0.05, 0.1) is 5.52 Å². The number of rotatable bonds is 6. The zero-order chi connectivity index (χ0) is 16.1. The van der Waals surface area contributed by atoms with E-state index < -0.39 is 0 Å². The molecule has 1 heterocycles. The van der Waals surface area contributed by atoms with Crippen LogP contribution in [0.4, 0.5) is 5.82 Å². The van der Waals surface area contributed by atoms with Crippen LogP contribution in [0.2, 0.25) is 5.02 Å². The highest BCUT2D eigenvalue weighted by Gasteiger charge is 1.99. The van der Waals surface area contributed by atoms with Gasteiger partial charge in [-0.1, -0.05) is 35.9 Å². The van der Waals surface area contributed by atoms with Crippen molar-refractivity contribution in [3.63, 3.8) is 0 Å². The minimum absolute atomic E-state index is 0. The van der Waals surface area contributed by atoms with Crippen molar-refractivity contribution in [1.29, 1.82) is 0 Å². The van der Waals surface area contributed by atoms with Crippen LogP contribution in [0.25, 0.3) is 10.9 Å². The largest absolute Gasteiger partial charge is 0.384 e. The molecule has 142 valence electrons. The molecule has 0 bridgehead atoms. The number of hydrogen-bond donors (Lipinski definition) is 2. The Bertz CT molecular complexity index is 812. The Labute approximate surface area is 178 Å². The molecule has 0 spiro atoms. The Hall–Kier alpha value is -1.23. The van der Waals surface area contributed by atoms with Crippen molar-refractivity contribution in [1.82, 2.24) is 10.3 Å². The van der Waals surface area contributed by atoms with Gasteiger partial charge >= 0.3 is 0 Å². The molecule has 0 radical (unpaired) electrons. The highest BCUT2D eigenvalue weighted by molar-refractivity contribution is 6.30. The summed E-state index contributed by atoms with van der Waals surface area (Å²) in [5.41, 5.74) is 9.24. The predicted molar refractivity (Wildman–Crippen MR) is 120 cm³/mol. The van der Waals surface area contributed by atoms with Gasteiger partial charge in [0.2, 0.25) is 0 Å². The first kappa shape index (κ1) is 24.8. The first-order chi connectivity index (χ1) is 11.2. The lowest BCUT2D eigenvalue weighted by molar-refractivity contribution is 0.682. The van der Waals surface area contributed by atoms with Crippen molar-refractivity contribution < 1.29 is 0 Å². The molecule has 0 aliphatic heterocycles. The zero-order valence-corrected chi connectivity index (χ0v) is 17.4. The third-order valence-corrected chi connectivity index (χ3v) is 4.08. The van der Waals surface area contributed by atoms with E-state index >= 15 is 0 Å². The second-order valence-electron chi connectivity index (χ2n) is 5.64. The highest BCUT2D eigenvalue weighted by Crippen LogP contribution is 2.16. The molecule has 0 amide bonds. The molecule has 7 heteroatoms. The summed E-state index contributed by atoms with van der Waals surface area (Å²) in [5.74, 6) is 0.564. The Morgan fingerprint density at radius 3 is 2.19 bits per heavy atom. The number of nitrogens with zero attached hydrogens (tertiary/aromatic N) is 1. The second-order valence-corrected chi connectivity index (χ2v) is 6.08. The monoisotopic (exact) mass is 433 g/mol. The van der Waals surface area contributed by atoms with Crippen LogP contribution in [0.15, 0.2) is 54.6 Å². The van der Waals surface area contributed by atoms with Crippen LogP contribution in [-0.4, -0.2) is 18.1 Å². The number of anilines is 1. The van der Waals surface area contributed by atoms with Gasteiger partial charge in [-0.2, -0.15) is 0 Å². The lowest BCUT2D eigenvalue weighted by Crippen LogP contribution is -2.20. The molecule has 0 saturated carbocycles. The van der Waals surface area contributed by atoms with Gasteiger partial charge in [0, 0.05) is 10.4 Å². The first-order valence-corrected chi connectivity index (χ1v) is 8.19. The summed E-state index contributed by atoms with van der Waals surface area (Å²) in [4.78, 5) is 4.37. The minimum atomic E-state index is 0. The molecule has 0 atom stereocenters. The standard InChI is InChI=1S/C19H20ClN3.3ClH/c20-17-3-1-2-14(12-17)8-10-22-11-9-15-4-5-16-6-7-19(21)23-18(16)13-15;;;/h1-7,12-13,22H,8-11H2,(H2,21,23);3*1H. The maximum atomic E-state index is 5.99. The zero-order valence-electron chi connectivity index (χ0n) is 14.2. The van der Waals surface area contributed by atoms with Crippen molar-refractivity contribution in [3.05, 3.63) is 70.7 Å². The number of aromatic nitrogens is 1. The van der Waals surface area contributed by atoms with Gasteiger partial charge in [0.15, 0.2) is 0 Å². The normalized spacial score (nSPS) is 9.73. The number of nitrogen functional groups attached to an aromatic ring is 1. The first-order valence-electron chi connectivity index (χ1n) is 7.81. The molecule has 3 nitrogen and oxygen atoms in total. The maximum absolute atomic E-state index is 5.99. The molecule has 3 aromatic rings. The molecular formula is C19H23Cl4N3. The number of hydrogen-bond acceptors (Lipinski definition) is 3. The quantitative estimate of drug-likeness (QED) is 0.530. The van der Waals surface area contributed by atoms with Crippen LogP contribution in [0.1, 0.15) is 11.1 Å². The molecule has 26 heavy (non-hydrogen) atoms. The van der Waals surface area contributed by atoms with Crippen LogP contribution < -0.4 is 11.1 Å². The fraction of sp³-hybridized carbons (Fsp3) is 0.211. The lowest BCUT2D eigenvalue weighted by Gasteiger charge is -2.07. The molecule has 2 aromatic carbocycles. The minimum Gasteiger partial charge on any atom is -0.384 e. The highest BCUT2D eigenvalue weighted by atomic mass is 35.5. The molecule has 0 unspecified atom stereocenters. The van der Waals surface area contributed by atoms with Crippen molar-refractivity contribution in [2.24, 2.45) is 0 Å². The van der Waals surface area contributed by atoms with E-state index in [4.69, 9.17) is 17.3 Å². The topological polar surface area (TPSA) is 50.9 Å². The van der Waals surface area contributed by atoms with E-state index in [-0.39, 0.29) is 37.2 Å². The second kappa shape index (κ2) is 12.2. The molecule has 3 N–H and O–H groups in total. The summed E-state index contributed by atoms with van der Waals surface area (Å²) in [6.45, 7) is 1.88. The number of nitrogens with two attached hydrogens (primary N) is 1.